The topological polar surface area (TPSA) is 134 Å². The number of hydrogen-bond acceptors (Lipinski definition) is 11. The van der Waals surface area contributed by atoms with E-state index in [9.17, 15) is 15.3 Å². The molecule has 8 rings (SSSR count). The van der Waals surface area contributed by atoms with Gasteiger partial charge in [-0.15, -0.1) is 0 Å². The first-order valence-electron chi connectivity index (χ1n) is 18.4. The maximum absolute atomic E-state index is 17.1. The fraction of sp³-hybridized carbons (Fsp3) is 0.564. The number of aliphatic hydroxyl groups excluding tert-OH is 1. The number of aromatic nitrogens is 3. The normalized spacial score (nSPS) is 27.0. The predicted octanol–water partition coefficient (Wildman–Crippen LogP) is 5.60. The number of nitrogens with zero attached hydrogens (tertiary/aromatic N) is 5. The molecule has 2 aromatic heterocycles. The highest BCUT2D eigenvalue weighted by atomic mass is 19.1. The van der Waals surface area contributed by atoms with Crippen molar-refractivity contribution in [1.82, 2.24) is 19.9 Å². The van der Waals surface area contributed by atoms with Crippen LogP contribution in [0.25, 0.3) is 32.9 Å². The van der Waals surface area contributed by atoms with E-state index in [1.165, 1.54) is 31.4 Å². The molecule has 3 atom stereocenters. The number of fused-ring (bicyclic) bond motifs is 3. The Morgan fingerprint density at radius 2 is 1.87 bits per heavy atom. The van der Waals surface area contributed by atoms with Gasteiger partial charge in [0.15, 0.2) is 5.82 Å². The molecule has 4 aromatic rings. The molecule has 3 unspecified atom stereocenters. The van der Waals surface area contributed by atoms with Gasteiger partial charge in [0.1, 0.15) is 34.0 Å². The summed E-state index contributed by atoms with van der Waals surface area (Å²) in [6.07, 6.45) is 6.32. The highest BCUT2D eigenvalue weighted by Crippen LogP contribution is 2.52. The summed E-state index contributed by atoms with van der Waals surface area (Å²) in [5.74, 6) is -1.05. The number of pyridine rings is 1. The summed E-state index contributed by atoms with van der Waals surface area (Å²) in [6.45, 7) is 6.14. The van der Waals surface area contributed by atoms with Crippen LogP contribution in [0.5, 0.6) is 17.6 Å². The third-order valence-electron chi connectivity index (χ3n) is 12.0. The lowest BCUT2D eigenvalue weighted by Crippen LogP contribution is -2.60. The zero-order valence-electron chi connectivity index (χ0n) is 29.9. The van der Waals surface area contributed by atoms with Crippen molar-refractivity contribution in [3.8, 4) is 28.9 Å². The number of benzene rings is 2. The Bertz CT molecular complexity index is 1990. The van der Waals surface area contributed by atoms with Crippen LogP contribution in [0.4, 0.5) is 14.6 Å². The Kier molecular flexibility index (Phi) is 9.12. The lowest BCUT2D eigenvalue weighted by atomic mass is 9.68. The molecule has 4 fully saturated rings. The molecule has 278 valence electrons. The summed E-state index contributed by atoms with van der Waals surface area (Å²) in [4.78, 5) is 18.5. The van der Waals surface area contributed by atoms with Gasteiger partial charge in [-0.3, -0.25) is 4.90 Å². The Hall–Kier alpha value is -3.91. The molecule has 3 N–H and O–H groups in total. The molecular weight excluding hydrogens is 672 g/mol. The molecule has 2 aliphatic carbocycles. The number of aliphatic hydroxyl groups is 2. The Morgan fingerprint density at radius 3 is 2.65 bits per heavy atom. The molecule has 11 nitrogen and oxygen atoms in total. The van der Waals surface area contributed by atoms with Crippen LogP contribution in [0.3, 0.4) is 0 Å². The first-order chi connectivity index (χ1) is 25.0. The van der Waals surface area contributed by atoms with E-state index in [4.69, 9.17) is 19.2 Å². The van der Waals surface area contributed by atoms with E-state index in [0.29, 0.717) is 43.1 Å². The molecule has 52 heavy (non-hydrogen) atoms. The average Bonchev–Trinajstić information content (AvgIpc) is 3.40. The third kappa shape index (κ3) is 6.18. The lowest BCUT2D eigenvalue weighted by Gasteiger charge is -2.55. The second-order valence-corrected chi connectivity index (χ2v) is 15.7. The highest BCUT2D eigenvalue weighted by Gasteiger charge is 2.53. The van der Waals surface area contributed by atoms with Crippen molar-refractivity contribution in [3.05, 3.63) is 42.0 Å². The van der Waals surface area contributed by atoms with Crippen LogP contribution in [-0.4, -0.2) is 106 Å². The average molecular weight is 720 g/mol. The first-order valence-corrected chi connectivity index (χ1v) is 18.4. The van der Waals surface area contributed by atoms with Crippen molar-refractivity contribution in [2.45, 2.75) is 82.6 Å². The molecule has 13 heteroatoms. The summed E-state index contributed by atoms with van der Waals surface area (Å²) in [5.41, 5.74) is -1.14. The minimum Gasteiger partial charge on any atom is -0.508 e. The molecule has 0 bridgehead atoms. The quantitative estimate of drug-likeness (QED) is 0.210. The SMILES string of the molecule is COc1nc(-c2cc(O)cc3cccc(F)c23)c(F)c2nc(OCC34CCCC3N(C3CC(C(C)(C)O)C3)CCC4)nc(N3CCOCC(O)C3)c12. The molecule has 0 spiro atoms. The van der Waals surface area contributed by atoms with Gasteiger partial charge in [-0.25, -0.2) is 13.8 Å². The molecule has 2 saturated heterocycles. The summed E-state index contributed by atoms with van der Waals surface area (Å²) in [7, 11) is 1.40. The van der Waals surface area contributed by atoms with E-state index in [0.717, 1.165) is 51.5 Å². The van der Waals surface area contributed by atoms with E-state index in [2.05, 4.69) is 14.9 Å². The summed E-state index contributed by atoms with van der Waals surface area (Å²) < 4.78 is 50.3. The standard InChI is InChI=1S/C39H47F2N5O6/c1-38(2,49)23-16-24(17-23)46-12-6-11-39(10-5-9-29(39)46)21-52-37-43-34-31(35(44-37)45-13-14-51-20-26(48)19-45)36(50-3)42-33(32(34)41)27-18-25(47)15-22-7-4-8-28(40)30(22)27/h4,7-8,15,18,23-24,26,29,47-49H,5-6,9-14,16-17,19-21H2,1-3H3. The van der Waals surface area contributed by atoms with E-state index >= 15 is 8.78 Å². The van der Waals surface area contributed by atoms with Gasteiger partial charge in [-0.1, -0.05) is 18.6 Å². The summed E-state index contributed by atoms with van der Waals surface area (Å²) in [5, 5.41) is 32.5. The van der Waals surface area contributed by atoms with Gasteiger partial charge >= 0.3 is 6.01 Å². The first kappa shape index (κ1) is 35.1. The zero-order valence-corrected chi connectivity index (χ0v) is 29.9. The second kappa shape index (κ2) is 13.5. The highest BCUT2D eigenvalue weighted by molar-refractivity contribution is 6.02. The van der Waals surface area contributed by atoms with Crippen LogP contribution < -0.4 is 14.4 Å². The van der Waals surface area contributed by atoms with Crippen molar-refractivity contribution in [3.63, 3.8) is 0 Å². The van der Waals surface area contributed by atoms with Gasteiger partial charge in [0.2, 0.25) is 5.88 Å². The Morgan fingerprint density at radius 1 is 1.06 bits per heavy atom. The number of rotatable bonds is 8. The number of aromatic hydroxyl groups is 1. The van der Waals surface area contributed by atoms with Gasteiger partial charge in [0.05, 0.1) is 38.6 Å². The van der Waals surface area contributed by atoms with Crippen LogP contribution in [-0.2, 0) is 4.74 Å². The zero-order chi connectivity index (χ0) is 36.4. The van der Waals surface area contributed by atoms with Gasteiger partial charge < -0.3 is 34.4 Å². The number of phenolic OH excluding ortho intramolecular Hbond substituents is 1. The maximum Gasteiger partial charge on any atom is 0.319 e. The number of halogens is 2. The minimum atomic E-state index is -0.849. The second-order valence-electron chi connectivity index (χ2n) is 15.7. The maximum atomic E-state index is 17.1. The van der Waals surface area contributed by atoms with Gasteiger partial charge in [-0.2, -0.15) is 9.97 Å². The van der Waals surface area contributed by atoms with Crippen LogP contribution in [0.1, 0.15) is 58.8 Å². The Labute approximate surface area is 301 Å². The van der Waals surface area contributed by atoms with Crippen molar-refractivity contribution >= 4 is 27.5 Å². The number of β-amino-alcohol motifs (C(OH)–C–C–N with tert-alkyl or cyclic N) is 1. The van der Waals surface area contributed by atoms with Crippen molar-refractivity contribution in [1.29, 1.82) is 0 Å². The molecule has 2 saturated carbocycles. The Balaban J connectivity index is 1.21. The number of phenols is 1. The third-order valence-corrected chi connectivity index (χ3v) is 12.0. The van der Waals surface area contributed by atoms with Crippen LogP contribution in [0.15, 0.2) is 30.3 Å². The smallest absolute Gasteiger partial charge is 0.319 e. The molecule has 2 aliphatic heterocycles. The van der Waals surface area contributed by atoms with Gasteiger partial charge in [0.25, 0.3) is 0 Å². The minimum absolute atomic E-state index is 0.00247. The number of anilines is 1. The summed E-state index contributed by atoms with van der Waals surface area (Å²) >= 11 is 0. The van der Waals surface area contributed by atoms with Crippen LogP contribution in [0, 0.1) is 23.0 Å². The molecule has 2 aromatic carbocycles. The number of ether oxygens (including phenoxy) is 3. The lowest BCUT2D eigenvalue weighted by molar-refractivity contribution is -0.0970. The number of piperidine rings is 1. The number of hydrogen-bond donors (Lipinski definition) is 3. The van der Waals surface area contributed by atoms with Crippen LogP contribution >= 0.6 is 0 Å². The van der Waals surface area contributed by atoms with Crippen LogP contribution in [0.2, 0.25) is 0 Å². The fourth-order valence-corrected chi connectivity index (χ4v) is 9.28. The van der Waals surface area contributed by atoms with Gasteiger partial charge in [0, 0.05) is 41.5 Å². The van der Waals surface area contributed by atoms with Crippen molar-refractivity contribution in [2.75, 3.05) is 51.5 Å². The van der Waals surface area contributed by atoms with E-state index < -0.39 is 23.3 Å². The van der Waals surface area contributed by atoms with Crippen molar-refractivity contribution in [2.24, 2.45) is 11.3 Å². The van der Waals surface area contributed by atoms with Crippen molar-refractivity contribution < 1.29 is 38.3 Å². The number of methoxy groups -OCH3 is 1. The van der Waals surface area contributed by atoms with E-state index in [1.807, 2.05) is 13.8 Å². The summed E-state index contributed by atoms with van der Waals surface area (Å²) in [6, 6.07) is 7.87. The molecule has 4 heterocycles. The largest absolute Gasteiger partial charge is 0.508 e. The predicted molar refractivity (Wildman–Crippen MR) is 192 cm³/mol. The molecule has 0 radical (unpaired) electrons. The number of likely N-dealkylation sites (tertiary alicyclic amines) is 1. The van der Waals surface area contributed by atoms with Gasteiger partial charge in [-0.05, 0) is 88.4 Å². The molecule has 4 aliphatic rings. The molecule has 0 amide bonds. The molecular formula is C39H47F2N5O6. The van der Waals surface area contributed by atoms with E-state index in [-0.39, 0.29) is 69.6 Å². The monoisotopic (exact) mass is 719 g/mol. The fourth-order valence-electron chi connectivity index (χ4n) is 9.28. The van der Waals surface area contributed by atoms with E-state index in [1.54, 1.807) is 11.0 Å².